The highest BCUT2D eigenvalue weighted by molar-refractivity contribution is 7.86. The largest absolute Gasteiger partial charge is 0.352 e. The van der Waals surface area contributed by atoms with Crippen molar-refractivity contribution in [1.29, 1.82) is 0 Å². The fourth-order valence-electron chi connectivity index (χ4n) is 3.03. The van der Waals surface area contributed by atoms with E-state index in [1.165, 1.54) is 12.1 Å². The second-order valence-electron chi connectivity index (χ2n) is 7.40. The van der Waals surface area contributed by atoms with Crippen LogP contribution in [0.1, 0.15) is 32.6 Å². The van der Waals surface area contributed by atoms with Crippen molar-refractivity contribution in [1.82, 2.24) is 4.90 Å². The molecular weight excluding hydrogens is 350 g/mol. The molecule has 2 atom stereocenters. The molecule has 0 aliphatic carbocycles. The second kappa shape index (κ2) is 7.48. The molecule has 0 radical (unpaired) electrons. The molecule has 2 aromatic carbocycles. The Hall–Kier alpha value is -1.73. The first-order valence-electron chi connectivity index (χ1n) is 8.69. The van der Waals surface area contributed by atoms with Gasteiger partial charge in [-0.3, -0.25) is 9.08 Å². The monoisotopic (exact) mass is 375 g/mol. The third-order valence-corrected chi connectivity index (χ3v) is 5.69. The molecule has 6 heteroatoms. The maximum absolute atomic E-state index is 12.3. The van der Waals surface area contributed by atoms with E-state index >= 15 is 0 Å². The molecule has 2 aromatic rings. The zero-order chi connectivity index (χ0) is 18.8. The Morgan fingerprint density at radius 2 is 1.62 bits per heavy atom. The maximum atomic E-state index is 12.3. The molecule has 1 aliphatic heterocycles. The van der Waals surface area contributed by atoms with Crippen molar-refractivity contribution >= 4 is 10.1 Å². The quantitative estimate of drug-likeness (QED) is 0.748. The first kappa shape index (κ1) is 19.0. The number of ether oxygens (including phenoxy) is 1. The summed E-state index contributed by atoms with van der Waals surface area (Å²) in [5.74, 6) is 0. The SMILES string of the molecule is CC(C)(C)N1CC(COS(=O)(=O)c2ccccc2)OC1c1ccccc1. The van der Waals surface area contributed by atoms with Crippen LogP contribution in [-0.4, -0.2) is 38.1 Å². The standard InChI is InChI=1S/C20H25NO4S/c1-20(2,3)21-14-17(25-19(21)16-10-6-4-7-11-16)15-24-26(22,23)18-12-8-5-9-13-18/h4-13,17,19H,14-15H2,1-3H3. The number of nitrogens with zero attached hydrogens (tertiary/aromatic N) is 1. The zero-order valence-electron chi connectivity index (χ0n) is 15.3. The summed E-state index contributed by atoms with van der Waals surface area (Å²) in [6.07, 6.45) is -0.540. The maximum Gasteiger partial charge on any atom is 0.297 e. The highest BCUT2D eigenvalue weighted by Crippen LogP contribution is 2.36. The average Bonchev–Trinajstić information content (AvgIpc) is 3.07. The van der Waals surface area contributed by atoms with Gasteiger partial charge in [-0.05, 0) is 38.5 Å². The molecular formula is C20H25NO4S. The second-order valence-corrected chi connectivity index (χ2v) is 9.01. The van der Waals surface area contributed by atoms with E-state index in [1.807, 2.05) is 30.3 Å². The molecule has 1 aliphatic rings. The van der Waals surface area contributed by atoms with Crippen molar-refractivity contribution in [3.63, 3.8) is 0 Å². The normalized spacial score (nSPS) is 21.8. The van der Waals surface area contributed by atoms with Gasteiger partial charge in [0.15, 0.2) is 0 Å². The number of hydrogen-bond donors (Lipinski definition) is 0. The van der Waals surface area contributed by atoms with Crippen molar-refractivity contribution in [2.24, 2.45) is 0 Å². The Balaban J connectivity index is 1.72. The molecule has 0 spiro atoms. The molecule has 26 heavy (non-hydrogen) atoms. The first-order valence-corrected chi connectivity index (χ1v) is 10.1. The van der Waals surface area contributed by atoms with Gasteiger partial charge in [0.25, 0.3) is 10.1 Å². The van der Waals surface area contributed by atoms with Crippen molar-refractivity contribution < 1.29 is 17.3 Å². The minimum Gasteiger partial charge on any atom is -0.352 e. The van der Waals surface area contributed by atoms with Crippen molar-refractivity contribution in [3.05, 3.63) is 66.2 Å². The van der Waals surface area contributed by atoms with Gasteiger partial charge in [-0.25, -0.2) is 0 Å². The van der Waals surface area contributed by atoms with Crippen molar-refractivity contribution in [2.75, 3.05) is 13.2 Å². The Labute approximate surface area is 155 Å². The molecule has 1 fully saturated rings. The van der Waals surface area contributed by atoms with Crippen LogP contribution in [0.2, 0.25) is 0 Å². The van der Waals surface area contributed by atoms with Crippen LogP contribution in [0.5, 0.6) is 0 Å². The minimum atomic E-state index is -3.78. The van der Waals surface area contributed by atoms with Gasteiger partial charge in [0.2, 0.25) is 0 Å². The third-order valence-electron chi connectivity index (χ3n) is 4.39. The summed E-state index contributed by atoms with van der Waals surface area (Å²) < 4.78 is 36.1. The van der Waals surface area contributed by atoms with Crippen LogP contribution >= 0.6 is 0 Å². The lowest BCUT2D eigenvalue weighted by Gasteiger charge is -2.35. The molecule has 3 rings (SSSR count). The molecule has 0 bridgehead atoms. The van der Waals surface area contributed by atoms with Crippen LogP contribution in [0.15, 0.2) is 65.6 Å². The Kier molecular flexibility index (Phi) is 5.48. The smallest absolute Gasteiger partial charge is 0.297 e. The predicted octanol–water partition coefficient (Wildman–Crippen LogP) is 3.59. The van der Waals surface area contributed by atoms with Gasteiger partial charge in [0.1, 0.15) is 6.23 Å². The summed E-state index contributed by atoms with van der Waals surface area (Å²) in [6, 6.07) is 18.1. The van der Waals surface area contributed by atoms with Crippen LogP contribution in [0, 0.1) is 0 Å². The van der Waals surface area contributed by atoms with E-state index in [9.17, 15) is 8.42 Å². The first-order chi connectivity index (χ1) is 12.3. The highest BCUT2D eigenvalue weighted by atomic mass is 32.2. The van der Waals surface area contributed by atoms with Gasteiger partial charge >= 0.3 is 0 Å². The molecule has 1 heterocycles. The molecule has 0 saturated carbocycles. The van der Waals surface area contributed by atoms with Gasteiger partial charge in [0, 0.05) is 12.1 Å². The van der Waals surface area contributed by atoms with E-state index < -0.39 is 10.1 Å². The predicted molar refractivity (Wildman–Crippen MR) is 100 cm³/mol. The lowest BCUT2D eigenvalue weighted by atomic mass is 10.0. The van der Waals surface area contributed by atoms with Crippen LogP contribution in [0.25, 0.3) is 0 Å². The van der Waals surface area contributed by atoms with Crippen molar-refractivity contribution in [2.45, 2.75) is 43.5 Å². The molecule has 5 nitrogen and oxygen atoms in total. The van der Waals surface area contributed by atoms with Gasteiger partial charge in [-0.2, -0.15) is 8.42 Å². The topological polar surface area (TPSA) is 55.8 Å². The van der Waals surface area contributed by atoms with Gasteiger partial charge in [-0.15, -0.1) is 0 Å². The number of benzene rings is 2. The fraction of sp³-hybridized carbons (Fsp3) is 0.400. The summed E-state index contributed by atoms with van der Waals surface area (Å²) >= 11 is 0. The van der Waals surface area contributed by atoms with Crippen molar-refractivity contribution in [3.8, 4) is 0 Å². The summed E-state index contributed by atoms with van der Waals surface area (Å²) in [5, 5.41) is 0. The molecule has 0 amide bonds. The lowest BCUT2D eigenvalue weighted by molar-refractivity contribution is -0.0394. The summed E-state index contributed by atoms with van der Waals surface area (Å²) in [6.45, 7) is 6.96. The summed E-state index contributed by atoms with van der Waals surface area (Å²) in [5.41, 5.74) is 0.934. The van der Waals surface area contributed by atoms with E-state index in [1.54, 1.807) is 18.2 Å². The molecule has 0 aromatic heterocycles. The Morgan fingerprint density at radius 3 is 2.19 bits per heavy atom. The van der Waals surface area contributed by atoms with Crippen LogP contribution in [-0.2, 0) is 19.0 Å². The van der Waals surface area contributed by atoms with Gasteiger partial charge in [-0.1, -0.05) is 48.5 Å². The van der Waals surface area contributed by atoms with E-state index in [2.05, 4.69) is 25.7 Å². The Morgan fingerprint density at radius 1 is 1.04 bits per heavy atom. The summed E-state index contributed by atoms with van der Waals surface area (Å²) in [7, 11) is -3.78. The van der Waals surface area contributed by atoms with Gasteiger partial charge < -0.3 is 4.74 Å². The van der Waals surface area contributed by atoms with E-state index in [-0.39, 0.29) is 29.4 Å². The number of rotatable bonds is 5. The van der Waals surface area contributed by atoms with E-state index in [0.29, 0.717) is 6.54 Å². The minimum absolute atomic E-state index is 0.00680. The highest BCUT2D eigenvalue weighted by Gasteiger charge is 2.40. The molecule has 2 unspecified atom stereocenters. The van der Waals surface area contributed by atoms with E-state index in [0.717, 1.165) is 5.56 Å². The summed E-state index contributed by atoms with van der Waals surface area (Å²) in [4.78, 5) is 2.39. The lowest BCUT2D eigenvalue weighted by Crippen LogP contribution is -2.41. The molecule has 0 N–H and O–H groups in total. The van der Waals surface area contributed by atoms with Gasteiger partial charge in [0.05, 0.1) is 17.6 Å². The third kappa shape index (κ3) is 4.32. The number of hydrogen-bond acceptors (Lipinski definition) is 5. The molecule has 1 saturated heterocycles. The average molecular weight is 375 g/mol. The van der Waals surface area contributed by atoms with E-state index in [4.69, 9.17) is 8.92 Å². The van der Waals surface area contributed by atoms with Crippen LogP contribution in [0.4, 0.5) is 0 Å². The molecule has 140 valence electrons. The Bertz CT molecular complexity index is 816. The van der Waals surface area contributed by atoms with Crippen LogP contribution < -0.4 is 0 Å². The van der Waals surface area contributed by atoms with Crippen LogP contribution in [0.3, 0.4) is 0 Å². The zero-order valence-corrected chi connectivity index (χ0v) is 16.1. The fourth-order valence-corrected chi connectivity index (χ4v) is 3.99.